The van der Waals surface area contributed by atoms with Crippen molar-refractivity contribution in [2.45, 2.75) is 5.22 Å². The molecule has 2 heterocycles. The van der Waals surface area contributed by atoms with Gasteiger partial charge in [-0.3, -0.25) is 0 Å². The van der Waals surface area contributed by atoms with Crippen LogP contribution in [0.15, 0.2) is 73.6 Å². The van der Waals surface area contributed by atoms with Gasteiger partial charge in [0.2, 0.25) is 0 Å². The molecule has 0 aliphatic heterocycles. The minimum absolute atomic E-state index is 0.0147. The molecule has 0 unspecified atom stereocenters. The molecule has 0 aliphatic rings. The Morgan fingerprint density at radius 3 is 2.49 bits per heavy atom. The number of aliphatic carboxylic acids is 1. The number of carbonyl (C=O) groups excluding carboxylic acids is 1. The van der Waals surface area contributed by atoms with Crippen molar-refractivity contribution >= 4 is 41.4 Å². The maximum absolute atomic E-state index is 11.8. The quantitative estimate of drug-likeness (QED) is 0.179. The molecule has 0 atom stereocenters. The molecule has 0 spiro atoms. The average molecular weight is 513 g/mol. The molecule has 0 saturated carbocycles. The lowest BCUT2D eigenvalue weighted by Gasteiger charge is -2.04. The summed E-state index contributed by atoms with van der Waals surface area (Å²) in [7, 11) is 2.80. The van der Waals surface area contributed by atoms with Gasteiger partial charge in [0, 0.05) is 16.7 Å². The lowest BCUT2D eigenvalue weighted by molar-refractivity contribution is -0.131. The van der Waals surface area contributed by atoms with Crippen LogP contribution in [-0.4, -0.2) is 41.5 Å². The molecule has 35 heavy (non-hydrogen) atoms. The van der Waals surface area contributed by atoms with Crippen molar-refractivity contribution in [3.8, 4) is 28.5 Å². The van der Waals surface area contributed by atoms with Crippen LogP contribution < -0.4 is 4.74 Å². The summed E-state index contributed by atoms with van der Waals surface area (Å²) >= 11 is 6.83. The maximum Gasteiger partial charge on any atom is 0.342 e. The fourth-order valence-corrected chi connectivity index (χ4v) is 3.86. The molecular weight excluding hydrogens is 496 g/mol. The predicted octanol–water partition coefficient (Wildman–Crippen LogP) is 5.66. The summed E-state index contributed by atoms with van der Waals surface area (Å²) in [6, 6.07) is 14.9. The second-order valence-corrected chi connectivity index (χ2v) is 8.33. The van der Waals surface area contributed by atoms with E-state index in [0.717, 1.165) is 11.8 Å². The Morgan fingerprint density at radius 2 is 1.80 bits per heavy atom. The molecule has 11 heteroatoms. The Labute approximate surface area is 208 Å². The number of hydrogen-bond acceptors (Lipinski definition) is 9. The van der Waals surface area contributed by atoms with Crippen molar-refractivity contribution in [2.24, 2.45) is 0 Å². The van der Waals surface area contributed by atoms with Gasteiger partial charge in [0.05, 0.1) is 25.3 Å². The van der Waals surface area contributed by atoms with E-state index in [1.807, 2.05) is 0 Å². The van der Waals surface area contributed by atoms with Crippen molar-refractivity contribution in [3.63, 3.8) is 0 Å². The molecule has 4 aromatic rings. The maximum atomic E-state index is 11.8. The van der Waals surface area contributed by atoms with E-state index in [4.69, 9.17) is 25.2 Å². The largest absolute Gasteiger partial charge is 0.496 e. The molecule has 0 amide bonds. The Balaban J connectivity index is 1.55. The highest BCUT2D eigenvalue weighted by molar-refractivity contribution is 8.03. The number of hydrogen-bond donors (Lipinski definition) is 1. The Hall–Kier alpha value is -4.02. The van der Waals surface area contributed by atoms with Crippen molar-refractivity contribution in [1.29, 1.82) is 0 Å². The molecule has 0 aliphatic carbocycles. The fraction of sp³-hybridized carbons (Fsp3) is 0.0833. The topological polar surface area (TPSA) is 125 Å². The monoisotopic (exact) mass is 512 g/mol. The standard InChI is InChI=1S/C24H17ClN2O7S/c1-31-19-9-7-15(25)11-17(19)21-26-27-24(34-21)35-20(22(28)29)12-16-8-10-18(33-16)13-3-5-14(6-4-13)23(30)32-2/h3-12H,1-2H3,(H,28,29)/b20-12-. The molecule has 9 nitrogen and oxygen atoms in total. The Kier molecular flexibility index (Phi) is 7.23. The Bertz CT molecular complexity index is 1410. The number of carboxylic acid groups (broad SMARTS) is 1. The zero-order valence-electron chi connectivity index (χ0n) is 18.4. The highest BCUT2D eigenvalue weighted by Crippen LogP contribution is 2.35. The van der Waals surface area contributed by atoms with E-state index in [9.17, 15) is 14.7 Å². The number of methoxy groups -OCH3 is 2. The van der Waals surface area contributed by atoms with Crippen LogP contribution in [0, 0.1) is 0 Å². The molecule has 0 bridgehead atoms. The molecule has 0 saturated heterocycles. The van der Waals surface area contributed by atoms with E-state index in [1.165, 1.54) is 20.3 Å². The highest BCUT2D eigenvalue weighted by atomic mass is 35.5. The van der Waals surface area contributed by atoms with Gasteiger partial charge in [-0.15, -0.1) is 10.2 Å². The molecule has 0 fully saturated rings. The summed E-state index contributed by atoms with van der Waals surface area (Å²) < 4.78 is 21.4. The van der Waals surface area contributed by atoms with E-state index in [-0.39, 0.29) is 16.0 Å². The third kappa shape index (κ3) is 5.56. The van der Waals surface area contributed by atoms with Crippen LogP contribution in [0.25, 0.3) is 28.9 Å². The van der Waals surface area contributed by atoms with Crippen LogP contribution in [0.4, 0.5) is 0 Å². The second-order valence-electron chi connectivity index (χ2n) is 6.90. The van der Waals surface area contributed by atoms with Crippen LogP contribution in [-0.2, 0) is 9.53 Å². The van der Waals surface area contributed by atoms with Gasteiger partial charge >= 0.3 is 11.9 Å². The molecule has 178 valence electrons. The van der Waals surface area contributed by atoms with Gasteiger partial charge in [-0.25, -0.2) is 9.59 Å². The van der Waals surface area contributed by atoms with Gasteiger partial charge in [-0.05, 0) is 54.2 Å². The van der Waals surface area contributed by atoms with Crippen LogP contribution in [0.1, 0.15) is 16.1 Å². The number of ether oxygens (including phenoxy) is 2. The van der Waals surface area contributed by atoms with Crippen LogP contribution in [0.2, 0.25) is 5.02 Å². The lowest BCUT2D eigenvalue weighted by Crippen LogP contribution is -2.00. The van der Waals surface area contributed by atoms with Gasteiger partial charge in [0.1, 0.15) is 22.2 Å². The smallest absolute Gasteiger partial charge is 0.342 e. The number of aromatic nitrogens is 2. The van der Waals surface area contributed by atoms with E-state index < -0.39 is 11.9 Å². The highest BCUT2D eigenvalue weighted by Gasteiger charge is 2.19. The number of furan rings is 1. The molecule has 1 N–H and O–H groups in total. The minimum Gasteiger partial charge on any atom is -0.496 e. The van der Waals surface area contributed by atoms with Gasteiger partial charge in [0.25, 0.3) is 11.1 Å². The third-order valence-electron chi connectivity index (χ3n) is 4.70. The molecule has 2 aromatic carbocycles. The van der Waals surface area contributed by atoms with Crippen molar-refractivity contribution < 1.29 is 33.0 Å². The van der Waals surface area contributed by atoms with Crippen LogP contribution in [0.3, 0.4) is 0 Å². The first-order valence-electron chi connectivity index (χ1n) is 9.96. The first kappa shape index (κ1) is 24.1. The summed E-state index contributed by atoms with van der Waals surface area (Å²) in [5.74, 6) is -0.233. The van der Waals surface area contributed by atoms with E-state index in [1.54, 1.807) is 54.6 Å². The molecule has 0 radical (unpaired) electrons. The van der Waals surface area contributed by atoms with Gasteiger partial charge in [0.15, 0.2) is 0 Å². The summed E-state index contributed by atoms with van der Waals surface area (Å²) in [6.45, 7) is 0. The van der Waals surface area contributed by atoms with Gasteiger partial charge < -0.3 is 23.4 Å². The van der Waals surface area contributed by atoms with Crippen LogP contribution in [0.5, 0.6) is 5.75 Å². The van der Waals surface area contributed by atoms with Gasteiger partial charge in [-0.2, -0.15) is 0 Å². The summed E-state index contributed by atoms with van der Waals surface area (Å²) in [4.78, 5) is 23.3. The zero-order chi connectivity index (χ0) is 24.9. The number of carbonyl (C=O) groups is 2. The number of rotatable bonds is 8. The van der Waals surface area contributed by atoms with Crippen molar-refractivity contribution in [1.82, 2.24) is 10.2 Å². The summed E-state index contributed by atoms with van der Waals surface area (Å²) in [6.07, 6.45) is 1.35. The minimum atomic E-state index is -1.20. The molecule has 4 rings (SSSR count). The third-order valence-corrected chi connectivity index (χ3v) is 5.78. The van der Waals surface area contributed by atoms with E-state index in [2.05, 4.69) is 14.9 Å². The number of benzene rings is 2. The zero-order valence-corrected chi connectivity index (χ0v) is 19.9. The van der Waals surface area contributed by atoms with E-state index >= 15 is 0 Å². The first-order valence-corrected chi connectivity index (χ1v) is 11.2. The number of nitrogens with zero attached hydrogens (tertiary/aromatic N) is 2. The molecular formula is C24H17ClN2O7S. The Morgan fingerprint density at radius 1 is 1.03 bits per heavy atom. The van der Waals surface area contributed by atoms with Crippen molar-refractivity contribution in [2.75, 3.05) is 14.2 Å². The average Bonchev–Trinajstić information content (AvgIpc) is 3.53. The fourth-order valence-electron chi connectivity index (χ4n) is 3.04. The van der Waals surface area contributed by atoms with Crippen molar-refractivity contribution in [3.05, 3.63) is 75.8 Å². The SMILES string of the molecule is COC(=O)c1ccc(-c2ccc(/C=C(\Sc3nnc(-c4cc(Cl)ccc4OC)o3)C(=O)O)o2)cc1. The van der Waals surface area contributed by atoms with Gasteiger partial charge in [-0.1, -0.05) is 23.7 Å². The summed E-state index contributed by atoms with van der Waals surface area (Å²) in [5.41, 5.74) is 1.59. The number of carboxylic acids is 1. The molecule has 2 aromatic heterocycles. The number of thioether (sulfide) groups is 1. The van der Waals surface area contributed by atoms with E-state index in [0.29, 0.717) is 39.0 Å². The second kappa shape index (κ2) is 10.5. The summed E-state index contributed by atoms with van der Waals surface area (Å²) in [5, 5.41) is 18.0. The first-order chi connectivity index (χ1) is 16.9. The normalized spacial score (nSPS) is 11.3. The number of esters is 1. The van der Waals surface area contributed by atoms with Crippen LogP contribution >= 0.6 is 23.4 Å². The lowest BCUT2D eigenvalue weighted by atomic mass is 10.1. The number of halogens is 1. The predicted molar refractivity (Wildman–Crippen MR) is 128 cm³/mol.